The number of aromatic amines is 1. The van der Waals surface area contributed by atoms with Crippen molar-refractivity contribution in [2.75, 3.05) is 5.32 Å². The number of thiazole rings is 1. The van der Waals surface area contributed by atoms with E-state index >= 15 is 0 Å². The van der Waals surface area contributed by atoms with Gasteiger partial charge in [-0.05, 0) is 36.8 Å². The van der Waals surface area contributed by atoms with Gasteiger partial charge in [-0.3, -0.25) is 10.1 Å². The Morgan fingerprint density at radius 3 is 2.56 bits per heavy atom. The zero-order valence-electron chi connectivity index (χ0n) is 19.2. The average molecular weight is 517 g/mol. The van der Waals surface area contributed by atoms with Crippen molar-refractivity contribution in [3.05, 3.63) is 88.8 Å². The van der Waals surface area contributed by atoms with Crippen molar-refractivity contribution < 1.29 is 14.3 Å². The number of aromatic nitrogens is 3. The van der Waals surface area contributed by atoms with Gasteiger partial charge in [0.1, 0.15) is 5.82 Å². The highest BCUT2D eigenvalue weighted by molar-refractivity contribution is 7.14. The topological polar surface area (TPSA) is 97.0 Å². The first-order chi connectivity index (χ1) is 17.5. The van der Waals surface area contributed by atoms with Gasteiger partial charge in [0.05, 0.1) is 22.3 Å². The number of esters is 1. The molecular formula is C27H21ClN4O3S. The summed E-state index contributed by atoms with van der Waals surface area (Å²) in [6.07, 6.45) is -0.644. The van der Waals surface area contributed by atoms with Crippen molar-refractivity contribution in [1.82, 2.24) is 15.0 Å². The first kappa shape index (κ1) is 23.7. The number of amides is 1. The van der Waals surface area contributed by atoms with E-state index in [1.807, 2.05) is 47.8 Å². The number of carbonyl (C=O) groups is 2. The lowest BCUT2D eigenvalue weighted by molar-refractivity contribution is -0.124. The van der Waals surface area contributed by atoms with Gasteiger partial charge in [-0.25, -0.2) is 14.8 Å². The predicted octanol–water partition coefficient (Wildman–Crippen LogP) is 6.58. The van der Waals surface area contributed by atoms with E-state index in [0.717, 1.165) is 22.3 Å². The van der Waals surface area contributed by atoms with Gasteiger partial charge in [-0.1, -0.05) is 61.0 Å². The maximum atomic E-state index is 12.8. The molecule has 0 aliphatic rings. The van der Waals surface area contributed by atoms with Crippen LogP contribution in [0.2, 0.25) is 5.02 Å². The third kappa shape index (κ3) is 5.15. The molecule has 0 bridgehead atoms. The number of ether oxygens (including phenoxy) is 1. The van der Waals surface area contributed by atoms with Gasteiger partial charge in [-0.2, -0.15) is 0 Å². The average Bonchev–Trinajstić information content (AvgIpc) is 3.54. The standard InChI is InChI=1S/C27H21ClN4O3S/c1-2-23(25(33)32-27-31-22(15-36-27)16-8-11-19(28)12-9-16)35-26(34)18-10-13-20-21(14-18)30-24(29-20)17-6-4-3-5-7-17/h3-15,23H,2H2,1H3,(H,29,30)(H,31,32,33). The lowest BCUT2D eigenvalue weighted by atomic mass is 10.2. The van der Waals surface area contributed by atoms with Crippen LogP contribution in [-0.4, -0.2) is 32.9 Å². The number of anilines is 1. The van der Waals surface area contributed by atoms with Crippen LogP contribution in [0.5, 0.6) is 0 Å². The molecule has 7 nitrogen and oxygen atoms in total. The first-order valence-corrected chi connectivity index (χ1v) is 12.5. The lowest BCUT2D eigenvalue weighted by Gasteiger charge is -2.15. The van der Waals surface area contributed by atoms with Crippen LogP contribution in [0.25, 0.3) is 33.7 Å². The van der Waals surface area contributed by atoms with Crippen LogP contribution in [0.15, 0.2) is 78.2 Å². The van der Waals surface area contributed by atoms with Crippen molar-refractivity contribution >= 4 is 51.0 Å². The molecule has 5 rings (SSSR count). The quantitative estimate of drug-likeness (QED) is 0.238. The molecular weight excluding hydrogens is 496 g/mol. The van der Waals surface area contributed by atoms with E-state index in [2.05, 4.69) is 20.3 Å². The summed E-state index contributed by atoms with van der Waals surface area (Å²) >= 11 is 7.24. The SMILES string of the molecule is CCC(OC(=O)c1ccc2nc(-c3ccccc3)[nH]c2c1)C(=O)Nc1nc(-c2ccc(Cl)cc2)cs1. The second-order valence-corrected chi connectivity index (χ2v) is 9.31. The van der Waals surface area contributed by atoms with Crippen LogP contribution in [0.3, 0.4) is 0 Å². The number of hydrogen-bond acceptors (Lipinski definition) is 6. The predicted molar refractivity (Wildman–Crippen MR) is 142 cm³/mol. The Hall–Kier alpha value is -4.01. The molecule has 0 aliphatic heterocycles. The Balaban J connectivity index is 1.26. The van der Waals surface area contributed by atoms with E-state index < -0.39 is 18.0 Å². The summed E-state index contributed by atoms with van der Waals surface area (Å²) in [5.74, 6) is -0.309. The minimum Gasteiger partial charge on any atom is -0.449 e. The molecule has 0 spiro atoms. The maximum Gasteiger partial charge on any atom is 0.338 e. The Kier molecular flexibility index (Phi) is 6.79. The molecule has 2 heterocycles. The molecule has 9 heteroatoms. The number of rotatable bonds is 7. The highest BCUT2D eigenvalue weighted by Gasteiger charge is 2.23. The zero-order chi connectivity index (χ0) is 25.1. The molecule has 0 saturated heterocycles. The summed E-state index contributed by atoms with van der Waals surface area (Å²) in [5.41, 5.74) is 4.32. The van der Waals surface area contributed by atoms with Crippen LogP contribution < -0.4 is 5.32 Å². The molecule has 1 atom stereocenters. The fourth-order valence-corrected chi connectivity index (χ4v) is 4.51. The Labute approximate surface area is 216 Å². The van der Waals surface area contributed by atoms with Crippen LogP contribution >= 0.6 is 22.9 Å². The van der Waals surface area contributed by atoms with Crippen LogP contribution in [0.1, 0.15) is 23.7 Å². The summed E-state index contributed by atoms with van der Waals surface area (Å²) in [6.45, 7) is 1.78. The summed E-state index contributed by atoms with van der Waals surface area (Å²) in [5, 5.41) is 5.65. The number of halogens is 1. The molecule has 36 heavy (non-hydrogen) atoms. The molecule has 0 radical (unpaired) electrons. The molecule has 2 N–H and O–H groups in total. The molecule has 0 aliphatic carbocycles. The minimum absolute atomic E-state index is 0.317. The van der Waals surface area contributed by atoms with Crippen molar-refractivity contribution in [3.63, 3.8) is 0 Å². The van der Waals surface area contributed by atoms with Crippen LogP contribution in [0.4, 0.5) is 5.13 Å². The normalized spacial score (nSPS) is 11.8. The van der Waals surface area contributed by atoms with Crippen LogP contribution in [0, 0.1) is 0 Å². The molecule has 5 aromatic rings. The van der Waals surface area contributed by atoms with Gasteiger partial charge in [0.25, 0.3) is 5.91 Å². The third-order valence-electron chi connectivity index (χ3n) is 5.55. The molecule has 180 valence electrons. The third-order valence-corrected chi connectivity index (χ3v) is 6.56. The Morgan fingerprint density at radius 1 is 1.03 bits per heavy atom. The van der Waals surface area contributed by atoms with Gasteiger partial charge < -0.3 is 9.72 Å². The number of nitrogens with one attached hydrogen (secondary N) is 2. The number of carbonyl (C=O) groups excluding carboxylic acids is 2. The number of hydrogen-bond donors (Lipinski definition) is 2. The number of imidazole rings is 1. The van der Waals surface area contributed by atoms with E-state index in [1.54, 1.807) is 37.3 Å². The molecule has 1 unspecified atom stereocenters. The highest BCUT2D eigenvalue weighted by atomic mass is 35.5. The fraction of sp³-hybridized carbons (Fsp3) is 0.111. The van der Waals surface area contributed by atoms with E-state index in [0.29, 0.717) is 33.5 Å². The van der Waals surface area contributed by atoms with Crippen molar-refractivity contribution in [2.45, 2.75) is 19.4 Å². The van der Waals surface area contributed by atoms with Gasteiger partial charge in [0.15, 0.2) is 11.2 Å². The summed E-state index contributed by atoms with van der Waals surface area (Å²) in [4.78, 5) is 37.9. The molecule has 0 fully saturated rings. The first-order valence-electron chi connectivity index (χ1n) is 11.3. The summed E-state index contributed by atoms with van der Waals surface area (Å²) in [6, 6.07) is 22.1. The van der Waals surface area contributed by atoms with E-state index in [9.17, 15) is 9.59 Å². The number of fused-ring (bicyclic) bond motifs is 1. The fourth-order valence-electron chi connectivity index (χ4n) is 3.66. The Morgan fingerprint density at radius 2 is 1.81 bits per heavy atom. The van der Waals surface area contributed by atoms with E-state index in [-0.39, 0.29) is 0 Å². The summed E-state index contributed by atoms with van der Waals surface area (Å²) < 4.78 is 5.54. The zero-order valence-corrected chi connectivity index (χ0v) is 20.8. The van der Waals surface area contributed by atoms with Gasteiger partial charge in [-0.15, -0.1) is 11.3 Å². The van der Waals surface area contributed by atoms with E-state index in [1.165, 1.54) is 11.3 Å². The lowest BCUT2D eigenvalue weighted by Crippen LogP contribution is -2.32. The second-order valence-electron chi connectivity index (χ2n) is 8.02. The number of nitrogens with zero attached hydrogens (tertiary/aromatic N) is 2. The maximum absolute atomic E-state index is 12.8. The minimum atomic E-state index is -0.960. The number of benzene rings is 3. The summed E-state index contributed by atoms with van der Waals surface area (Å²) in [7, 11) is 0. The molecule has 3 aromatic carbocycles. The molecule has 0 saturated carbocycles. The van der Waals surface area contributed by atoms with E-state index in [4.69, 9.17) is 16.3 Å². The monoisotopic (exact) mass is 516 g/mol. The van der Waals surface area contributed by atoms with Gasteiger partial charge in [0.2, 0.25) is 0 Å². The Bertz CT molecular complexity index is 1530. The number of H-pyrrole nitrogens is 1. The van der Waals surface area contributed by atoms with Gasteiger partial charge >= 0.3 is 5.97 Å². The van der Waals surface area contributed by atoms with Crippen molar-refractivity contribution in [2.24, 2.45) is 0 Å². The van der Waals surface area contributed by atoms with Crippen LogP contribution in [-0.2, 0) is 9.53 Å². The van der Waals surface area contributed by atoms with Crippen molar-refractivity contribution in [3.8, 4) is 22.6 Å². The largest absolute Gasteiger partial charge is 0.449 e. The second kappa shape index (κ2) is 10.3. The van der Waals surface area contributed by atoms with Crippen molar-refractivity contribution in [1.29, 1.82) is 0 Å². The molecule has 1 amide bonds. The highest BCUT2D eigenvalue weighted by Crippen LogP contribution is 2.26. The smallest absolute Gasteiger partial charge is 0.338 e. The van der Waals surface area contributed by atoms with Gasteiger partial charge in [0, 0.05) is 21.5 Å². The molecule has 2 aromatic heterocycles.